The van der Waals surface area contributed by atoms with Crippen molar-refractivity contribution in [1.29, 1.82) is 0 Å². The van der Waals surface area contributed by atoms with Crippen molar-refractivity contribution in [1.82, 2.24) is 0 Å². The minimum atomic E-state index is -0.931. The molecule has 0 radical (unpaired) electrons. The number of aliphatic carboxylic acids is 1. The molecule has 0 fully saturated rings. The van der Waals surface area contributed by atoms with E-state index in [-0.39, 0.29) is 6.54 Å². The van der Waals surface area contributed by atoms with E-state index in [1.165, 1.54) is 7.11 Å². The van der Waals surface area contributed by atoms with E-state index in [2.05, 4.69) is 5.32 Å². The Balaban J connectivity index is 2.85. The van der Waals surface area contributed by atoms with E-state index in [0.717, 1.165) is 0 Å². The maximum atomic E-state index is 10.4. The Morgan fingerprint density at radius 2 is 2.13 bits per heavy atom. The fourth-order valence-corrected chi connectivity index (χ4v) is 1.12. The Morgan fingerprint density at radius 1 is 1.40 bits per heavy atom. The normalized spacial score (nSPS) is 9.47. The largest absolute Gasteiger partial charge is 0.497 e. The number of rotatable bonds is 5. The van der Waals surface area contributed by atoms with Crippen molar-refractivity contribution in [3.05, 3.63) is 18.2 Å². The summed E-state index contributed by atoms with van der Waals surface area (Å²) in [4.78, 5) is 10.4. The standard InChI is InChI=1S/C10H13NO4/c1-14-7-3-4-9(15-2)8(5-7)11-6-10(12)13/h3-5,11H,6H2,1-2H3,(H,12,13). The van der Waals surface area contributed by atoms with Crippen LogP contribution >= 0.6 is 0 Å². The molecule has 0 aromatic heterocycles. The SMILES string of the molecule is COc1ccc(OC)c(NCC(=O)O)c1. The third-order valence-electron chi connectivity index (χ3n) is 1.84. The van der Waals surface area contributed by atoms with Crippen molar-refractivity contribution in [3.8, 4) is 11.5 Å². The van der Waals surface area contributed by atoms with E-state index >= 15 is 0 Å². The van der Waals surface area contributed by atoms with Crippen molar-refractivity contribution in [3.63, 3.8) is 0 Å². The van der Waals surface area contributed by atoms with Crippen molar-refractivity contribution in [2.45, 2.75) is 0 Å². The van der Waals surface area contributed by atoms with Crippen molar-refractivity contribution in [2.75, 3.05) is 26.1 Å². The first-order chi connectivity index (χ1) is 7.17. The lowest BCUT2D eigenvalue weighted by molar-refractivity contribution is -0.134. The fraction of sp³-hybridized carbons (Fsp3) is 0.300. The molecule has 0 heterocycles. The predicted molar refractivity (Wildman–Crippen MR) is 55.7 cm³/mol. The monoisotopic (exact) mass is 211 g/mol. The maximum Gasteiger partial charge on any atom is 0.322 e. The summed E-state index contributed by atoms with van der Waals surface area (Å²) in [6.45, 7) is -0.163. The Morgan fingerprint density at radius 3 is 2.67 bits per heavy atom. The highest BCUT2D eigenvalue weighted by Crippen LogP contribution is 2.28. The average Bonchev–Trinajstić information content (AvgIpc) is 2.25. The molecule has 0 aliphatic carbocycles. The lowest BCUT2D eigenvalue weighted by Crippen LogP contribution is -2.12. The number of benzene rings is 1. The number of anilines is 1. The molecule has 0 atom stereocenters. The molecule has 2 N–H and O–H groups in total. The van der Waals surface area contributed by atoms with Crippen molar-refractivity contribution >= 4 is 11.7 Å². The number of carbonyl (C=O) groups is 1. The summed E-state index contributed by atoms with van der Waals surface area (Å²) in [5, 5.41) is 11.3. The van der Waals surface area contributed by atoms with Gasteiger partial charge in [-0.05, 0) is 12.1 Å². The molecule has 0 saturated heterocycles. The van der Waals surface area contributed by atoms with E-state index in [0.29, 0.717) is 17.2 Å². The van der Waals surface area contributed by atoms with Crippen LogP contribution in [0.2, 0.25) is 0 Å². The van der Waals surface area contributed by atoms with Crippen molar-refractivity contribution < 1.29 is 19.4 Å². The molecular formula is C10H13NO4. The van der Waals surface area contributed by atoms with Gasteiger partial charge in [0.25, 0.3) is 0 Å². The minimum absolute atomic E-state index is 0.163. The van der Waals surface area contributed by atoms with E-state index in [1.807, 2.05) is 0 Å². The van der Waals surface area contributed by atoms with Gasteiger partial charge in [-0.2, -0.15) is 0 Å². The van der Waals surface area contributed by atoms with Crippen LogP contribution in [0.4, 0.5) is 5.69 Å². The third kappa shape index (κ3) is 3.05. The molecule has 5 nitrogen and oxygen atoms in total. The molecule has 1 aromatic carbocycles. The van der Waals surface area contributed by atoms with Gasteiger partial charge in [0.05, 0.1) is 19.9 Å². The summed E-state index contributed by atoms with van der Waals surface area (Å²) in [5.41, 5.74) is 0.597. The highest BCUT2D eigenvalue weighted by molar-refractivity contribution is 5.74. The number of carboxylic acid groups (broad SMARTS) is 1. The quantitative estimate of drug-likeness (QED) is 0.766. The summed E-state index contributed by atoms with van der Waals surface area (Å²) < 4.78 is 10.1. The van der Waals surface area contributed by atoms with Crippen LogP contribution in [0.5, 0.6) is 11.5 Å². The number of hydrogen-bond acceptors (Lipinski definition) is 4. The smallest absolute Gasteiger partial charge is 0.322 e. The molecule has 1 rings (SSSR count). The second-order valence-electron chi connectivity index (χ2n) is 2.81. The maximum absolute atomic E-state index is 10.4. The van der Waals surface area contributed by atoms with Gasteiger partial charge in [0.1, 0.15) is 18.0 Å². The second-order valence-corrected chi connectivity index (χ2v) is 2.81. The number of hydrogen-bond donors (Lipinski definition) is 2. The molecule has 0 saturated carbocycles. The van der Waals surface area contributed by atoms with E-state index in [1.54, 1.807) is 25.3 Å². The first-order valence-electron chi connectivity index (χ1n) is 4.35. The number of carboxylic acids is 1. The molecule has 0 bridgehead atoms. The van der Waals surface area contributed by atoms with Crippen LogP contribution in [0.15, 0.2) is 18.2 Å². The van der Waals surface area contributed by atoms with Crippen LogP contribution < -0.4 is 14.8 Å². The first-order valence-corrected chi connectivity index (χ1v) is 4.35. The topological polar surface area (TPSA) is 67.8 Å². The molecular weight excluding hydrogens is 198 g/mol. The van der Waals surface area contributed by atoms with E-state index in [9.17, 15) is 4.79 Å². The second kappa shape index (κ2) is 5.09. The summed E-state index contributed by atoms with van der Waals surface area (Å²) in [6.07, 6.45) is 0. The third-order valence-corrected chi connectivity index (χ3v) is 1.84. The van der Waals surface area contributed by atoms with Crippen LogP contribution in [0.3, 0.4) is 0 Å². The van der Waals surface area contributed by atoms with Gasteiger partial charge in [-0.1, -0.05) is 0 Å². The lowest BCUT2D eigenvalue weighted by atomic mass is 10.2. The first kappa shape index (κ1) is 11.2. The van der Waals surface area contributed by atoms with Gasteiger partial charge < -0.3 is 19.9 Å². The number of ether oxygens (including phenoxy) is 2. The number of nitrogens with one attached hydrogen (secondary N) is 1. The Kier molecular flexibility index (Phi) is 3.79. The zero-order chi connectivity index (χ0) is 11.3. The minimum Gasteiger partial charge on any atom is -0.497 e. The average molecular weight is 211 g/mol. The van der Waals surface area contributed by atoms with Gasteiger partial charge in [-0.25, -0.2) is 0 Å². The van der Waals surface area contributed by atoms with Gasteiger partial charge in [0.15, 0.2) is 0 Å². The fourth-order valence-electron chi connectivity index (χ4n) is 1.12. The van der Waals surface area contributed by atoms with Gasteiger partial charge in [-0.15, -0.1) is 0 Å². The Hall–Kier alpha value is -1.91. The summed E-state index contributed by atoms with van der Waals surface area (Å²) >= 11 is 0. The van der Waals surface area contributed by atoms with Gasteiger partial charge in [-0.3, -0.25) is 4.79 Å². The van der Waals surface area contributed by atoms with Gasteiger partial charge >= 0.3 is 5.97 Å². The van der Waals surface area contributed by atoms with Crippen LogP contribution in [0.1, 0.15) is 0 Å². The highest BCUT2D eigenvalue weighted by atomic mass is 16.5. The van der Waals surface area contributed by atoms with E-state index < -0.39 is 5.97 Å². The van der Waals surface area contributed by atoms with E-state index in [4.69, 9.17) is 14.6 Å². The molecule has 0 amide bonds. The van der Waals surface area contributed by atoms with Crippen LogP contribution in [-0.4, -0.2) is 31.8 Å². The van der Waals surface area contributed by atoms with Crippen LogP contribution in [0.25, 0.3) is 0 Å². The molecule has 1 aromatic rings. The number of methoxy groups -OCH3 is 2. The molecule has 0 aliphatic rings. The predicted octanol–water partition coefficient (Wildman–Crippen LogP) is 1.20. The summed E-state index contributed by atoms with van der Waals surface area (Å²) in [6, 6.07) is 5.13. The highest BCUT2D eigenvalue weighted by Gasteiger charge is 2.05. The molecule has 0 spiro atoms. The summed E-state index contributed by atoms with van der Waals surface area (Å²) in [5.74, 6) is 0.292. The Bertz CT molecular complexity index is 351. The zero-order valence-electron chi connectivity index (χ0n) is 8.61. The zero-order valence-corrected chi connectivity index (χ0v) is 8.61. The van der Waals surface area contributed by atoms with Gasteiger partial charge in [0, 0.05) is 6.07 Å². The molecule has 82 valence electrons. The van der Waals surface area contributed by atoms with Crippen LogP contribution in [0, 0.1) is 0 Å². The molecule has 5 heteroatoms. The molecule has 0 unspecified atom stereocenters. The Labute approximate surface area is 87.6 Å². The summed E-state index contributed by atoms with van der Waals surface area (Å²) in [7, 11) is 3.07. The lowest BCUT2D eigenvalue weighted by Gasteiger charge is -2.10. The molecule has 0 aliphatic heterocycles. The molecule has 15 heavy (non-hydrogen) atoms. The van der Waals surface area contributed by atoms with Crippen molar-refractivity contribution in [2.24, 2.45) is 0 Å². The van der Waals surface area contributed by atoms with Gasteiger partial charge in [0.2, 0.25) is 0 Å². The van der Waals surface area contributed by atoms with Crippen LogP contribution in [-0.2, 0) is 4.79 Å².